The summed E-state index contributed by atoms with van der Waals surface area (Å²) in [6.45, 7) is 10.2. The van der Waals surface area contributed by atoms with Gasteiger partial charge in [-0.15, -0.1) is 91.7 Å². The third-order valence-corrected chi connectivity index (χ3v) is 110. The van der Waals surface area contributed by atoms with Gasteiger partial charge < -0.3 is 4.90 Å². The quantitative estimate of drug-likeness (QED) is 0.123. The Morgan fingerprint density at radius 1 is 0.379 bits per heavy atom. The Kier molecular flexibility index (Phi) is 17.2. The number of thiophene rings is 1. The monoisotopic (exact) mass is 1170 g/mol. The summed E-state index contributed by atoms with van der Waals surface area (Å²) >= 11 is 1.90. The van der Waals surface area contributed by atoms with Crippen LogP contribution in [-0.2, 0) is 10.8 Å². The number of anilines is 3. The van der Waals surface area contributed by atoms with Crippen molar-refractivity contribution in [3.05, 3.63) is 174 Å². The zero-order chi connectivity index (χ0) is 46.8. The second-order valence-electron chi connectivity index (χ2n) is 17.3. The highest BCUT2D eigenvalue weighted by Gasteiger charge is 2.41. The maximum atomic E-state index is 3.19. The Bertz CT molecular complexity index is 2980. The normalized spacial score (nSPS) is 15.2. The molecule has 2 aliphatic rings. The molecule has 8 aromatic rings. The highest BCUT2D eigenvalue weighted by atomic mass is 33.4. The summed E-state index contributed by atoms with van der Waals surface area (Å²) in [5.74, 6) is 0. The lowest BCUT2D eigenvalue weighted by Gasteiger charge is -2.40. The first kappa shape index (κ1) is 52.3. The highest BCUT2D eigenvalue weighted by Crippen LogP contribution is 3.24. The number of hydrogen-bond donors (Lipinski definition) is 0. The molecule has 0 saturated heterocycles. The Morgan fingerprint density at radius 3 is 1.32 bits per heavy atom. The van der Waals surface area contributed by atoms with Crippen LogP contribution < -0.4 is 4.90 Å². The van der Waals surface area contributed by atoms with Crippen LogP contribution in [0.4, 0.5) is 17.1 Å². The van der Waals surface area contributed by atoms with Gasteiger partial charge in [-0.2, -0.15) is 0 Å². The first-order valence-electron chi connectivity index (χ1n) is 21.1. The van der Waals surface area contributed by atoms with Gasteiger partial charge >= 0.3 is 0 Å². The Hall–Kier alpha value is 1.44. The molecule has 0 saturated carbocycles. The van der Waals surface area contributed by atoms with Crippen LogP contribution in [0.1, 0.15) is 49.9 Å². The number of hydrogen-bond acceptors (Lipinski definition) is 2. The molecular formula is C48H55NP16S. The summed E-state index contributed by atoms with van der Waals surface area (Å²) in [6.07, 6.45) is 0. The van der Waals surface area contributed by atoms with Crippen molar-refractivity contribution >= 4 is 178 Å². The van der Waals surface area contributed by atoms with Crippen LogP contribution in [0.25, 0.3) is 53.6 Å². The molecule has 11 atom stereocenters. The third kappa shape index (κ3) is 9.69. The molecule has 0 amide bonds. The maximum Gasteiger partial charge on any atom is 0.0543 e. The topological polar surface area (TPSA) is 3.24 Å². The van der Waals surface area contributed by atoms with Crippen molar-refractivity contribution in [2.45, 2.75) is 38.5 Å². The zero-order valence-electron chi connectivity index (χ0n) is 37.1. The first-order valence-corrected chi connectivity index (χ1v) is 50.2. The first-order chi connectivity index (χ1) is 31.5. The SMILES string of the molecule is CC1(C)c2ccccc2-c2c(N(c3ccccc3-c3cccc4c3sc3ccccc34)c3cccc4c3-c3ccccc3C4(C)C)cccc21.PP(P)P(P)P(P(P)P)P(P(P)P)P(P)P. The van der Waals surface area contributed by atoms with E-state index >= 15 is 0 Å². The van der Waals surface area contributed by atoms with Crippen molar-refractivity contribution in [3.63, 3.8) is 0 Å². The van der Waals surface area contributed by atoms with E-state index < -0.39 is 0 Å². The Labute approximate surface area is 425 Å². The van der Waals surface area contributed by atoms with E-state index in [2.05, 4.69) is 265 Å². The molecule has 2 aliphatic carbocycles. The standard InChI is InChI=1S/C48H37NS.H18P16/c1-47(2)36-22-9-5-18-34(36)44-38(47)24-14-27-41(44)49(42-28-15-25-39-45(42)35-19-6-10-23-37(35)48(39,3)4)40-26-11-7-16-30(40)32-20-13-21-33-31-17-8-12-29-43(31)50-46(32)33;1-10(2)14(9)16(13(7)8)15(11(3)4)12(5)6/h5-29H,1-4H3;1-9H2. The van der Waals surface area contributed by atoms with Gasteiger partial charge in [-0.1, -0.05) is 155 Å². The fourth-order valence-corrected chi connectivity index (χ4v) is 175. The number of fused-ring (bicyclic) bond motifs is 9. The molecule has 10 rings (SSSR count). The Morgan fingerprint density at radius 2 is 0.788 bits per heavy atom. The average Bonchev–Trinajstić information content (AvgIpc) is 3.88. The van der Waals surface area contributed by atoms with E-state index in [-0.39, 0.29) is 59.7 Å². The van der Waals surface area contributed by atoms with Gasteiger partial charge in [-0.05, 0) is 107 Å². The molecule has 0 fully saturated rings. The van der Waals surface area contributed by atoms with Crippen LogP contribution in [0.5, 0.6) is 0 Å². The van der Waals surface area contributed by atoms with E-state index in [1.54, 1.807) is 0 Å². The molecular weight excluding hydrogens is 1120 g/mol. The van der Waals surface area contributed by atoms with E-state index in [9.17, 15) is 0 Å². The maximum absolute atomic E-state index is 3.19. The van der Waals surface area contributed by atoms with Gasteiger partial charge in [0.05, 0.1) is 17.1 Å². The van der Waals surface area contributed by atoms with Crippen LogP contribution in [0.15, 0.2) is 152 Å². The second kappa shape index (κ2) is 21.7. The molecule has 0 N–H and O–H groups in total. The lowest BCUT2D eigenvalue weighted by Crippen LogP contribution is -2.17. The van der Waals surface area contributed by atoms with E-state index in [1.165, 1.54) is 92.9 Å². The van der Waals surface area contributed by atoms with Crippen LogP contribution in [0.2, 0.25) is 0 Å². The van der Waals surface area contributed by atoms with Gasteiger partial charge in [0, 0.05) is 53.3 Å². The second-order valence-corrected chi connectivity index (χ2v) is 80.1. The van der Waals surface area contributed by atoms with Crippen LogP contribution in [-0.4, -0.2) is 0 Å². The minimum Gasteiger partial charge on any atom is -0.309 e. The molecule has 0 radical (unpaired) electrons. The summed E-state index contributed by atoms with van der Waals surface area (Å²) in [7, 11) is 27.8. The predicted octanol–water partition coefficient (Wildman–Crippen LogP) is 22.8. The lowest BCUT2D eigenvalue weighted by molar-refractivity contribution is 0.660. The van der Waals surface area contributed by atoms with Crippen molar-refractivity contribution in [1.29, 1.82) is 0 Å². The highest BCUT2D eigenvalue weighted by molar-refractivity contribution is 9.30. The molecule has 1 aromatic heterocycles. The van der Waals surface area contributed by atoms with Crippen molar-refractivity contribution in [2.75, 3.05) is 4.90 Å². The summed E-state index contributed by atoms with van der Waals surface area (Å²) in [4.78, 5) is 2.59. The molecule has 7 aromatic carbocycles. The molecule has 18 heteroatoms. The molecule has 1 heterocycles. The summed E-state index contributed by atoms with van der Waals surface area (Å²) in [5.41, 5.74) is 16.7. The van der Waals surface area contributed by atoms with Gasteiger partial charge in [0.15, 0.2) is 0 Å². The molecule has 0 aliphatic heterocycles. The van der Waals surface area contributed by atoms with E-state index in [0.717, 1.165) is 0 Å². The number of rotatable bonds is 10. The van der Waals surface area contributed by atoms with E-state index in [1.807, 2.05) is 11.3 Å². The lowest BCUT2D eigenvalue weighted by atomic mass is 9.82. The van der Waals surface area contributed by atoms with Crippen LogP contribution >= 0.6 is 141 Å². The minimum atomic E-state index is -0.108. The van der Waals surface area contributed by atoms with Crippen LogP contribution in [0, 0.1) is 0 Å². The molecule has 338 valence electrons. The number of para-hydroxylation sites is 1. The molecule has 1 nitrogen and oxygen atoms in total. The van der Waals surface area contributed by atoms with E-state index in [0.29, 0.717) is 0 Å². The van der Waals surface area contributed by atoms with Gasteiger partial charge in [-0.3, -0.25) is 0 Å². The Balaban J connectivity index is 0.000000295. The number of nitrogens with zero attached hydrogens (tertiary/aromatic N) is 1. The summed E-state index contributed by atoms with van der Waals surface area (Å²) < 4.78 is 2.65. The minimum absolute atomic E-state index is 0.0635. The molecule has 0 bridgehead atoms. The molecule has 0 spiro atoms. The van der Waals surface area contributed by atoms with Gasteiger partial charge in [0.25, 0.3) is 0 Å². The summed E-state index contributed by atoms with van der Waals surface area (Å²) in [6, 6.07) is 56.7. The fourth-order valence-electron chi connectivity index (χ4n) is 9.76. The number of benzene rings is 7. The largest absolute Gasteiger partial charge is 0.309 e. The van der Waals surface area contributed by atoms with Crippen molar-refractivity contribution in [3.8, 4) is 33.4 Å². The zero-order valence-corrected chi connectivity index (χ0v) is 54.6. The third-order valence-electron chi connectivity index (χ3n) is 12.7. The van der Waals surface area contributed by atoms with Gasteiger partial charge in [-0.25, -0.2) is 0 Å². The fraction of sp³-hybridized carbons (Fsp3) is 0.125. The molecule has 11 unspecified atom stereocenters. The summed E-state index contributed by atoms with van der Waals surface area (Å²) in [5, 5.41) is 2.64. The molecule has 66 heavy (non-hydrogen) atoms. The average molecular weight is 1170 g/mol. The van der Waals surface area contributed by atoms with Gasteiger partial charge in [0.1, 0.15) is 0 Å². The van der Waals surface area contributed by atoms with Gasteiger partial charge in [0.2, 0.25) is 0 Å². The van der Waals surface area contributed by atoms with Crippen LogP contribution in [0.3, 0.4) is 0 Å². The van der Waals surface area contributed by atoms with Crippen molar-refractivity contribution < 1.29 is 0 Å². The van der Waals surface area contributed by atoms with Crippen molar-refractivity contribution in [1.82, 2.24) is 0 Å². The predicted molar refractivity (Wildman–Crippen MR) is 350 cm³/mol. The smallest absolute Gasteiger partial charge is 0.0543 e. The van der Waals surface area contributed by atoms with Crippen molar-refractivity contribution in [2.24, 2.45) is 0 Å². The van der Waals surface area contributed by atoms with E-state index in [4.69, 9.17) is 0 Å².